The molecule has 52 heavy (non-hydrogen) atoms. The summed E-state index contributed by atoms with van der Waals surface area (Å²) in [5, 5.41) is 9.61. The summed E-state index contributed by atoms with van der Waals surface area (Å²) >= 11 is 0. The van der Waals surface area contributed by atoms with Gasteiger partial charge in [-0.2, -0.15) is 0 Å². The van der Waals surface area contributed by atoms with Crippen LogP contribution in [0.5, 0.6) is 5.75 Å². The Morgan fingerprint density at radius 1 is 0.808 bits per heavy atom. The zero-order valence-corrected chi connectivity index (χ0v) is 28.3. The number of aliphatic hydroxyl groups is 1. The molecule has 3 fully saturated rings. The van der Waals surface area contributed by atoms with E-state index in [1.165, 1.54) is 9.80 Å². The van der Waals surface area contributed by atoms with Gasteiger partial charge >= 0.3 is 0 Å². The molecule has 2 aliphatic carbocycles. The molecular weight excluding hydrogens is 658 g/mol. The average Bonchev–Trinajstić information content (AvgIpc) is 3.78. The van der Waals surface area contributed by atoms with Gasteiger partial charge in [0.2, 0.25) is 29.5 Å². The molecule has 2 aliphatic heterocycles. The molecule has 10 nitrogen and oxygen atoms in total. The van der Waals surface area contributed by atoms with Gasteiger partial charge in [0.05, 0.1) is 41.2 Å². The molecule has 6 unspecified atom stereocenters. The number of allylic oxidation sites excluding steroid dienone is 2. The third-order valence-corrected chi connectivity index (χ3v) is 11.5. The summed E-state index contributed by atoms with van der Waals surface area (Å²) in [6.07, 6.45) is 2.59. The Kier molecular flexibility index (Phi) is 7.48. The molecule has 0 radical (unpaired) electrons. The van der Waals surface area contributed by atoms with Crippen LogP contribution in [0, 0.1) is 29.1 Å². The average molecular weight is 694 g/mol. The maximum absolute atomic E-state index is 14.7. The first kappa shape index (κ1) is 32.1. The van der Waals surface area contributed by atoms with Gasteiger partial charge < -0.3 is 14.3 Å². The SMILES string of the molecule is CC12C(=O)N(c3ccccc3)C(=O)C1CC1C(=CCC3C(=O)N(c4ccc(-c5nc6ccccc6o5)cc4)C(=O)C31)C2c1ccccc1OCCO. The highest BCUT2D eigenvalue weighted by Gasteiger charge is 2.68. The van der Waals surface area contributed by atoms with Gasteiger partial charge in [-0.25, -0.2) is 9.88 Å². The van der Waals surface area contributed by atoms with Crippen molar-refractivity contribution in [3.63, 3.8) is 0 Å². The van der Waals surface area contributed by atoms with Gasteiger partial charge in [0.1, 0.15) is 17.9 Å². The summed E-state index contributed by atoms with van der Waals surface area (Å²) in [5.41, 5.74) is 3.42. The van der Waals surface area contributed by atoms with E-state index in [4.69, 9.17) is 9.15 Å². The Morgan fingerprint density at radius 2 is 1.52 bits per heavy atom. The molecule has 5 aromatic rings. The summed E-state index contributed by atoms with van der Waals surface area (Å²) in [5.74, 6) is -3.46. The number of aliphatic hydroxyl groups excluding tert-OH is 1. The first-order chi connectivity index (χ1) is 25.3. The second-order valence-electron chi connectivity index (χ2n) is 14.2. The van der Waals surface area contributed by atoms with Gasteiger partial charge in [-0.1, -0.05) is 60.2 Å². The Labute approximate surface area is 299 Å². The number of rotatable bonds is 7. The first-order valence-corrected chi connectivity index (χ1v) is 17.6. The molecule has 4 aromatic carbocycles. The molecule has 1 saturated carbocycles. The minimum absolute atomic E-state index is 0.0488. The Bertz CT molecular complexity index is 2260. The van der Waals surface area contributed by atoms with Crippen LogP contribution in [0.2, 0.25) is 0 Å². The molecule has 10 heteroatoms. The van der Waals surface area contributed by atoms with Gasteiger partial charge in [0.25, 0.3) is 0 Å². The van der Waals surface area contributed by atoms with Crippen LogP contribution in [0.15, 0.2) is 119 Å². The standard InChI is InChI=1S/C42H35N3O7/c1-42-31(39(48)45(41(42)50)25-9-3-2-4-10-25)23-30-27(36(42)28-11-5-7-13-33(28)51-22-21-46)19-20-29-35(30)40(49)44(38(29)47)26-17-15-24(16-18-26)37-43-32-12-6-8-14-34(32)52-37/h2-19,29-31,35-36,46H,20-23H2,1H3. The molecule has 260 valence electrons. The van der Waals surface area contributed by atoms with E-state index in [9.17, 15) is 24.3 Å². The monoisotopic (exact) mass is 693 g/mol. The van der Waals surface area contributed by atoms with E-state index in [2.05, 4.69) is 4.98 Å². The lowest BCUT2D eigenvalue weighted by molar-refractivity contribution is -0.131. The zero-order chi connectivity index (χ0) is 35.7. The lowest BCUT2D eigenvalue weighted by atomic mass is 9.51. The van der Waals surface area contributed by atoms with Crippen LogP contribution in [0.25, 0.3) is 22.6 Å². The fraction of sp³-hybridized carbons (Fsp3) is 0.262. The minimum atomic E-state index is -1.20. The number of amides is 4. The maximum Gasteiger partial charge on any atom is 0.241 e. The number of fused-ring (bicyclic) bond motifs is 5. The van der Waals surface area contributed by atoms with Crippen molar-refractivity contribution < 1.29 is 33.4 Å². The van der Waals surface area contributed by atoms with E-state index in [0.29, 0.717) is 46.1 Å². The number of nitrogens with zero attached hydrogens (tertiary/aromatic N) is 3. The van der Waals surface area contributed by atoms with Crippen molar-refractivity contribution >= 4 is 46.1 Å². The molecule has 3 heterocycles. The van der Waals surface area contributed by atoms with Crippen molar-refractivity contribution in [2.45, 2.75) is 25.7 Å². The van der Waals surface area contributed by atoms with Gasteiger partial charge in [0, 0.05) is 17.0 Å². The Morgan fingerprint density at radius 3 is 2.29 bits per heavy atom. The molecule has 2 saturated heterocycles. The number of anilines is 2. The highest BCUT2D eigenvalue weighted by Crippen LogP contribution is 2.64. The molecule has 0 spiro atoms. The van der Waals surface area contributed by atoms with Crippen molar-refractivity contribution in [2.75, 3.05) is 23.0 Å². The van der Waals surface area contributed by atoms with Crippen LogP contribution in [0.4, 0.5) is 11.4 Å². The predicted molar refractivity (Wildman–Crippen MR) is 192 cm³/mol. The Balaban J connectivity index is 1.10. The number of benzene rings is 4. The van der Waals surface area contributed by atoms with Gasteiger partial charge in [-0.05, 0) is 80.3 Å². The molecule has 1 N–H and O–H groups in total. The van der Waals surface area contributed by atoms with Gasteiger partial charge in [0.15, 0.2) is 5.58 Å². The number of para-hydroxylation sites is 4. The van der Waals surface area contributed by atoms with Crippen LogP contribution >= 0.6 is 0 Å². The number of hydrogen-bond donors (Lipinski definition) is 1. The number of aromatic nitrogens is 1. The largest absolute Gasteiger partial charge is 0.491 e. The third kappa shape index (κ3) is 4.63. The summed E-state index contributed by atoms with van der Waals surface area (Å²) in [6.45, 7) is 1.70. The molecule has 1 aromatic heterocycles. The van der Waals surface area contributed by atoms with Crippen LogP contribution < -0.4 is 14.5 Å². The van der Waals surface area contributed by atoms with Crippen LogP contribution in [-0.4, -0.2) is 46.9 Å². The lowest BCUT2D eigenvalue weighted by Gasteiger charge is -2.49. The number of oxazole rings is 1. The normalized spacial score (nSPS) is 26.7. The fourth-order valence-corrected chi connectivity index (χ4v) is 9.19. The second kappa shape index (κ2) is 12.1. The fourth-order valence-electron chi connectivity index (χ4n) is 9.19. The zero-order valence-electron chi connectivity index (χ0n) is 28.3. The minimum Gasteiger partial charge on any atom is -0.491 e. The van der Waals surface area contributed by atoms with Gasteiger partial charge in [-0.15, -0.1) is 0 Å². The Hall–Kier alpha value is -5.87. The van der Waals surface area contributed by atoms with E-state index in [-0.39, 0.29) is 43.3 Å². The number of imide groups is 2. The van der Waals surface area contributed by atoms with Crippen LogP contribution in [0.1, 0.15) is 31.2 Å². The highest BCUT2D eigenvalue weighted by molar-refractivity contribution is 6.25. The smallest absolute Gasteiger partial charge is 0.241 e. The molecular formula is C42H35N3O7. The van der Waals surface area contributed by atoms with Crippen molar-refractivity contribution in [3.05, 3.63) is 120 Å². The van der Waals surface area contributed by atoms with Crippen LogP contribution in [0.3, 0.4) is 0 Å². The summed E-state index contributed by atoms with van der Waals surface area (Å²) in [7, 11) is 0. The third-order valence-electron chi connectivity index (χ3n) is 11.5. The summed E-state index contributed by atoms with van der Waals surface area (Å²) in [4.78, 5) is 65.0. The number of ether oxygens (including phenoxy) is 1. The summed E-state index contributed by atoms with van der Waals surface area (Å²) in [6, 6.07) is 30.8. The number of hydrogen-bond acceptors (Lipinski definition) is 8. The molecule has 4 amide bonds. The van der Waals surface area contributed by atoms with E-state index in [0.717, 1.165) is 11.1 Å². The quantitative estimate of drug-likeness (QED) is 0.155. The molecule has 6 atom stereocenters. The van der Waals surface area contributed by atoms with Crippen LogP contribution in [-0.2, 0) is 19.2 Å². The first-order valence-electron chi connectivity index (χ1n) is 17.6. The van der Waals surface area contributed by atoms with Crippen molar-refractivity contribution in [2.24, 2.45) is 29.1 Å². The van der Waals surface area contributed by atoms with E-state index >= 15 is 0 Å². The second-order valence-corrected chi connectivity index (χ2v) is 14.2. The van der Waals surface area contributed by atoms with E-state index in [1.807, 2.05) is 61.5 Å². The number of carbonyl (C=O) groups excluding carboxylic acids is 4. The predicted octanol–water partition coefficient (Wildman–Crippen LogP) is 6.30. The van der Waals surface area contributed by atoms with E-state index < -0.39 is 35.0 Å². The number of carbonyl (C=O) groups is 4. The van der Waals surface area contributed by atoms with Gasteiger partial charge in [-0.3, -0.25) is 24.1 Å². The lowest BCUT2D eigenvalue weighted by Crippen LogP contribution is -2.49. The van der Waals surface area contributed by atoms with Crippen molar-refractivity contribution in [3.8, 4) is 17.2 Å². The van der Waals surface area contributed by atoms with Crippen molar-refractivity contribution in [1.82, 2.24) is 4.98 Å². The molecule has 4 aliphatic rings. The maximum atomic E-state index is 14.7. The van der Waals surface area contributed by atoms with Crippen molar-refractivity contribution in [1.29, 1.82) is 0 Å². The molecule has 0 bridgehead atoms. The topological polar surface area (TPSA) is 130 Å². The molecule has 9 rings (SSSR count). The summed E-state index contributed by atoms with van der Waals surface area (Å²) < 4.78 is 11.9. The van der Waals surface area contributed by atoms with E-state index in [1.54, 1.807) is 54.6 Å². The highest BCUT2D eigenvalue weighted by atomic mass is 16.5.